The highest BCUT2D eigenvalue weighted by Crippen LogP contribution is 2.12. The molecule has 0 unspecified atom stereocenters. The summed E-state index contributed by atoms with van der Waals surface area (Å²) < 4.78 is 23.9. The van der Waals surface area contributed by atoms with Crippen LogP contribution in [0.3, 0.4) is 0 Å². The first-order valence-corrected chi connectivity index (χ1v) is 10.9. The van der Waals surface area contributed by atoms with Crippen LogP contribution in [0, 0.1) is 5.82 Å². The monoisotopic (exact) mass is 430 g/mol. The maximum absolute atomic E-state index is 13.4. The van der Waals surface area contributed by atoms with E-state index < -0.39 is 0 Å². The first-order chi connectivity index (χ1) is 15.1. The standard InChI is InChI=1S/C23H31FN4O3/c1-2-30-23(29)28-14-10-20(11-15-28)27-22(26-13-9-21-7-4-16-31-21)25-12-8-18-5-3-6-19(24)17-18/h3-7,16-17,20H,2,8-15H2,1H3,(H2,25,26,27). The average Bonchev–Trinajstić information content (AvgIpc) is 3.28. The number of carbonyl (C=O) groups excluding carboxylic acids is 1. The molecule has 168 valence electrons. The van der Waals surface area contributed by atoms with E-state index in [1.54, 1.807) is 23.3 Å². The van der Waals surface area contributed by atoms with E-state index >= 15 is 0 Å². The fourth-order valence-electron chi connectivity index (χ4n) is 3.52. The van der Waals surface area contributed by atoms with Gasteiger partial charge in [-0.05, 0) is 56.0 Å². The zero-order valence-corrected chi connectivity index (χ0v) is 18.0. The van der Waals surface area contributed by atoms with Crippen molar-refractivity contribution in [1.82, 2.24) is 15.5 Å². The Balaban J connectivity index is 1.51. The summed E-state index contributed by atoms with van der Waals surface area (Å²) in [6.45, 7) is 4.73. The molecule has 0 radical (unpaired) electrons. The van der Waals surface area contributed by atoms with Gasteiger partial charge in [-0.3, -0.25) is 4.99 Å². The lowest BCUT2D eigenvalue weighted by molar-refractivity contribution is 0.0963. The Morgan fingerprint density at radius 3 is 2.81 bits per heavy atom. The van der Waals surface area contributed by atoms with Crippen LogP contribution in [0.4, 0.5) is 9.18 Å². The number of rotatable bonds is 8. The highest BCUT2D eigenvalue weighted by atomic mass is 19.1. The summed E-state index contributed by atoms with van der Waals surface area (Å²) in [7, 11) is 0. The van der Waals surface area contributed by atoms with E-state index in [4.69, 9.17) is 9.15 Å². The zero-order valence-electron chi connectivity index (χ0n) is 18.0. The number of hydrogen-bond acceptors (Lipinski definition) is 4. The van der Waals surface area contributed by atoms with Gasteiger partial charge >= 0.3 is 6.09 Å². The predicted octanol–water partition coefficient (Wildman–Crippen LogP) is 3.36. The van der Waals surface area contributed by atoms with Crippen LogP contribution in [0.2, 0.25) is 0 Å². The molecule has 1 fully saturated rings. The number of benzene rings is 1. The van der Waals surface area contributed by atoms with Gasteiger partial charge in [0.15, 0.2) is 5.96 Å². The maximum Gasteiger partial charge on any atom is 0.409 e. The van der Waals surface area contributed by atoms with Crippen molar-refractivity contribution in [3.05, 3.63) is 59.8 Å². The molecule has 7 nitrogen and oxygen atoms in total. The minimum Gasteiger partial charge on any atom is -0.469 e. The van der Waals surface area contributed by atoms with Gasteiger partial charge in [0.25, 0.3) is 0 Å². The van der Waals surface area contributed by atoms with E-state index in [0.29, 0.717) is 45.6 Å². The number of guanidine groups is 1. The zero-order chi connectivity index (χ0) is 21.9. The SMILES string of the molecule is CCOC(=O)N1CCC(NC(=NCCc2ccco2)NCCc2cccc(F)c2)CC1. The molecule has 0 spiro atoms. The first kappa shape index (κ1) is 22.7. The van der Waals surface area contributed by atoms with Crippen LogP contribution in [-0.4, -0.2) is 55.8 Å². The van der Waals surface area contributed by atoms with Crippen molar-refractivity contribution >= 4 is 12.1 Å². The number of likely N-dealkylation sites (tertiary alicyclic amines) is 1. The molecular weight excluding hydrogens is 399 g/mol. The lowest BCUT2D eigenvalue weighted by Gasteiger charge is -2.32. The second-order valence-corrected chi connectivity index (χ2v) is 7.47. The van der Waals surface area contributed by atoms with Crippen LogP contribution in [-0.2, 0) is 17.6 Å². The minimum absolute atomic E-state index is 0.217. The molecule has 8 heteroatoms. The van der Waals surface area contributed by atoms with E-state index in [0.717, 1.165) is 30.1 Å². The van der Waals surface area contributed by atoms with Crippen LogP contribution in [0.25, 0.3) is 0 Å². The number of amides is 1. The number of furan rings is 1. The summed E-state index contributed by atoms with van der Waals surface area (Å²) in [5.74, 6) is 1.39. The summed E-state index contributed by atoms with van der Waals surface area (Å²) >= 11 is 0. The minimum atomic E-state index is -0.249. The van der Waals surface area contributed by atoms with Crippen LogP contribution in [0.1, 0.15) is 31.1 Å². The quantitative estimate of drug-likeness (QED) is 0.496. The molecule has 1 aromatic heterocycles. The van der Waals surface area contributed by atoms with Crippen molar-refractivity contribution in [2.75, 3.05) is 32.8 Å². The van der Waals surface area contributed by atoms with E-state index in [1.807, 2.05) is 25.1 Å². The highest BCUT2D eigenvalue weighted by molar-refractivity contribution is 5.80. The lowest BCUT2D eigenvalue weighted by atomic mass is 10.1. The lowest BCUT2D eigenvalue weighted by Crippen LogP contribution is -2.50. The van der Waals surface area contributed by atoms with Crippen LogP contribution in [0.5, 0.6) is 0 Å². The predicted molar refractivity (Wildman–Crippen MR) is 118 cm³/mol. The maximum atomic E-state index is 13.4. The number of carbonyl (C=O) groups is 1. The van der Waals surface area contributed by atoms with E-state index in [-0.39, 0.29) is 18.0 Å². The van der Waals surface area contributed by atoms with Gasteiger partial charge in [0.2, 0.25) is 0 Å². The third-order valence-corrected chi connectivity index (χ3v) is 5.17. The second-order valence-electron chi connectivity index (χ2n) is 7.47. The molecule has 0 bridgehead atoms. The van der Waals surface area contributed by atoms with Gasteiger partial charge in [-0.15, -0.1) is 0 Å². The van der Waals surface area contributed by atoms with E-state index in [1.165, 1.54) is 6.07 Å². The molecule has 1 aromatic carbocycles. The van der Waals surface area contributed by atoms with E-state index in [2.05, 4.69) is 15.6 Å². The Morgan fingerprint density at radius 2 is 2.10 bits per heavy atom. The second kappa shape index (κ2) is 12.0. The molecule has 2 aromatic rings. The molecule has 0 atom stereocenters. The highest BCUT2D eigenvalue weighted by Gasteiger charge is 2.24. The molecule has 0 saturated carbocycles. The molecular formula is C23H31FN4O3. The number of halogens is 1. The Kier molecular flexibility index (Phi) is 8.75. The van der Waals surface area contributed by atoms with Crippen LogP contribution in [0.15, 0.2) is 52.1 Å². The molecule has 31 heavy (non-hydrogen) atoms. The van der Waals surface area contributed by atoms with Crippen molar-refractivity contribution in [1.29, 1.82) is 0 Å². The van der Waals surface area contributed by atoms with Crippen LogP contribution >= 0.6 is 0 Å². The smallest absolute Gasteiger partial charge is 0.409 e. The molecule has 0 aliphatic carbocycles. The normalized spacial score (nSPS) is 15.0. The number of ether oxygens (including phenoxy) is 1. The van der Waals surface area contributed by atoms with Gasteiger partial charge in [-0.2, -0.15) is 0 Å². The summed E-state index contributed by atoms with van der Waals surface area (Å²) in [5, 5.41) is 6.83. The number of nitrogens with one attached hydrogen (secondary N) is 2. The molecule has 2 heterocycles. The van der Waals surface area contributed by atoms with Crippen molar-refractivity contribution in [3.8, 4) is 0 Å². The molecule has 1 amide bonds. The van der Waals surface area contributed by atoms with Gasteiger partial charge in [0.1, 0.15) is 11.6 Å². The fourth-order valence-corrected chi connectivity index (χ4v) is 3.52. The van der Waals surface area contributed by atoms with Crippen molar-refractivity contribution in [2.45, 2.75) is 38.6 Å². The topological polar surface area (TPSA) is 79.1 Å². The first-order valence-electron chi connectivity index (χ1n) is 10.9. The summed E-state index contributed by atoms with van der Waals surface area (Å²) in [4.78, 5) is 18.3. The number of aliphatic imine (C=N–C) groups is 1. The largest absolute Gasteiger partial charge is 0.469 e. The Bertz CT molecular complexity index is 833. The Labute approximate surface area is 182 Å². The third kappa shape index (κ3) is 7.62. The fraction of sp³-hybridized carbons (Fsp3) is 0.478. The van der Waals surface area contributed by atoms with Gasteiger partial charge in [0.05, 0.1) is 12.9 Å². The van der Waals surface area contributed by atoms with Gasteiger partial charge in [-0.1, -0.05) is 12.1 Å². The Morgan fingerprint density at radius 1 is 1.26 bits per heavy atom. The summed E-state index contributed by atoms with van der Waals surface area (Å²) in [6.07, 6.45) is 4.46. The number of piperidine rings is 1. The van der Waals surface area contributed by atoms with Crippen molar-refractivity contribution < 1.29 is 18.3 Å². The van der Waals surface area contributed by atoms with E-state index in [9.17, 15) is 9.18 Å². The summed E-state index contributed by atoms with van der Waals surface area (Å²) in [6, 6.07) is 10.7. The van der Waals surface area contributed by atoms with Gasteiger partial charge in [-0.25, -0.2) is 9.18 Å². The van der Waals surface area contributed by atoms with Gasteiger partial charge < -0.3 is 24.7 Å². The average molecular weight is 431 g/mol. The molecule has 3 rings (SSSR count). The molecule has 1 aliphatic heterocycles. The number of nitrogens with zero attached hydrogens (tertiary/aromatic N) is 2. The van der Waals surface area contributed by atoms with Gasteiger partial charge in [0, 0.05) is 38.6 Å². The molecule has 2 N–H and O–H groups in total. The van der Waals surface area contributed by atoms with Crippen LogP contribution < -0.4 is 10.6 Å². The van der Waals surface area contributed by atoms with Crippen molar-refractivity contribution in [3.63, 3.8) is 0 Å². The molecule has 1 saturated heterocycles. The Hall–Kier alpha value is -3.03. The van der Waals surface area contributed by atoms with Crippen molar-refractivity contribution in [2.24, 2.45) is 4.99 Å². The third-order valence-electron chi connectivity index (χ3n) is 5.17. The number of hydrogen-bond donors (Lipinski definition) is 2. The molecule has 1 aliphatic rings. The summed E-state index contributed by atoms with van der Waals surface area (Å²) in [5.41, 5.74) is 0.935.